The Kier molecular flexibility index (Phi) is 3.55. The van der Waals surface area contributed by atoms with E-state index < -0.39 is 0 Å². The lowest BCUT2D eigenvalue weighted by atomic mass is 9.82. The lowest BCUT2D eigenvalue weighted by Gasteiger charge is -2.42. The van der Waals surface area contributed by atoms with Crippen molar-refractivity contribution in [3.05, 3.63) is 71.0 Å². The van der Waals surface area contributed by atoms with Gasteiger partial charge in [0, 0.05) is 61.5 Å². The van der Waals surface area contributed by atoms with Crippen LogP contribution in [-0.4, -0.2) is 32.6 Å². The van der Waals surface area contributed by atoms with Crippen molar-refractivity contribution in [1.82, 2.24) is 19.5 Å². The molecule has 5 rings (SSSR count). The van der Waals surface area contributed by atoms with Gasteiger partial charge in [0.2, 0.25) is 5.95 Å². The molecule has 0 saturated carbocycles. The summed E-state index contributed by atoms with van der Waals surface area (Å²) >= 11 is 0. The van der Waals surface area contributed by atoms with Gasteiger partial charge in [0.15, 0.2) is 0 Å². The first-order chi connectivity index (χ1) is 12.8. The third-order valence-electron chi connectivity index (χ3n) is 5.35. The number of aromatic nitrogens is 4. The number of piperidine rings is 1. The predicted octanol–water partition coefficient (Wildman–Crippen LogP) is 2.32. The fourth-order valence-electron chi connectivity index (χ4n) is 4.26. The van der Waals surface area contributed by atoms with Crippen molar-refractivity contribution >= 4 is 5.95 Å². The first-order valence-corrected chi connectivity index (χ1v) is 8.96. The van der Waals surface area contributed by atoms with Gasteiger partial charge < -0.3 is 9.47 Å². The summed E-state index contributed by atoms with van der Waals surface area (Å²) in [5.74, 6) is 1.53. The van der Waals surface area contributed by atoms with Gasteiger partial charge in [-0.25, -0.2) is 9.97 Å². The van der Waals surface area contributed by atoms with E-state index in [4.69, 9.17) is 0 Å². The highest BCUT2D eigenvalue weighted by Crippen LogP contribution is 2.37. The third kappa shape index (κ3) is 2.58. The summed E-state index contributed by atoms with van der Waals surface area (Å²) in [5, 5.41) is 0. The molecule has 5 heterocycles. The highest BCUT2D eigenvalue weighted by molar-refractivity contribution is 5.59. The van der Waals surface area contributed by atoms with E-state index in [1.54, 1.807) is 24.7 Å². The second-order valence-corrected chi connectivity index (χ2v) is 7.09. The van der Waals surface area contributed by atoms with Crippen molar-refractivity contribution in [2.45, 2.75) is 18.9 Å². The molecule has 6 nitrogen and oxygen atoms in total. The summed E-state index contributed by atoms with van der Waals surface area (Å²) in [5.41, 5.74) is 2.92. The van der Waals surface area contributed by atoms with Crippen molar-refractivity contribution in [3.8, 4) is 11.3 Å². The second-order valence-electron chi connectivity index (χ2n) is 7.09. The van der Waals surface area contributed by atoms with Gasteiger partial charge >= 0.3 is 0 Å². The standard InChI is InChI=1S/C20H19N5O/c26-19-10-15(17-4-1-2-5-21-17)9-18-16-8-14(12-25(18)19)11-24(13-16)20-22-6-3-7-23-20/h1-7,9-10,14,16H,8,11-13H2/t14-,16+/m0/s1. The van der Waals surface area contributed by atoms with Gasteiger partial charge in [0.1, 0.15) is 0 Å². The number of hydrogen-bond acceptors (Lipinski definition) is 5. The quantitative estimate of drug-likeness (QED) is 0.713. The Balaban J connectivity index is 1.55. The molecule has 0 aliphatic carbocycles. The van der Waals surface area contributed by atoms with Crippen molar-refractivity contribution in [2.24, 2.45) is 5.92 Å². The van der Waals surface area contributed by atoms with Gasteiger partial charge in [0.05, 0.1) is 5.69 Å². The molecule has 2 aliphatic rings. The van der Waals surface area contributed by atoms with Crippen LogP contribution in [0.15, 0.2) is 59.8 Å². The Morgan fingerprint density at radius 1 is 0.923 bits per heavy atom. The normalized spacial score (nSPS) is 21.3. The van der Waals surface area contributed by atoms with Crippen molar-refractivity contribution in [3.63, 3.8) is 0 Å². The van der Waals surface area contributed by atoms with Crippen LogP contribution >= 0.6 is 0 Å². The molecule has 130 valence electrons. The molecule has 2 aliphatic heterocycles. The van der Waals surface area contributed by atoms with Crippen molar-refractivity contribution < 1.29 is 0 Å². The van der Waals surface area contributed by atoms with Crippen LogP contribution < -0.4 is 10.5 Å². The number of nitrogens with zero attached hydrogens (tertiary/aromatic N) is 5. The molecule has 1 saturated heterocycles. The molecule has 0 aromatic carbocycles. The minimum absolute atomic E-state index is 0.0715. The van der Waals surface area contributed by atoms with E-state index >= 15 is 0 Å². The molecule has 6 heteroatoms. The Bertz CT molecular complexity index is 986. The molecule has 0 unspecified atom stereocenters. The topological polar surface area (TPSA) is 63.9 Å². The molecule has 0 radical (unpaired) electrons. The molecule has 2 bridgehead atoms. The Hall–Kier alpha value is -3.02. The highest BCUT2D eigenvalue weighted by atomic mass is 16.1. The zero-order chi connectivity index (χ0) is 17.5. The Labute approximate surface area is 151 Å². The summed E-state index contributed by atoms with van der Waals surface area (Å²) in [6.07, 6.45) is 6.43. The Morgan fingerprint density at radius 3 is 2.58 bits per heavy atom. The van der Waals surface area contributed by atoms with E-state index in [0.717, 1.165) is 49.0 Å². The number of anilines is 1. The summed E-state index contributed by atoms with van der Waals surface area (Å²) < 4.78 is 1.95. The maximum Gasteiger partial charge on any atom is 0.251 e. The van der Waals surface area contributed by atoms with E-state index in [1.807, 2.05) is 28.8 Å². The van der Waals surface area contributed by atoms with Crippen molar-refractivity contribution in [1.29, 1.82) is 0 Å². The maximum absolute atomic E-state index is 12.7. The van der Waals surface area contributed by atoms with Crippen LogP contribution in [0, 0.1) is 5.92 Å². The van der Waals surface area contributed by atoms with Crippen LogP contribution in [0.4, 0.5) is 5.95 Å². The molecule has 0 spiro atoms. The van der Waals surface area contributed by atoms with Crippen LogP contribution in [-0.2, 0) is 6.54 Å². The van der Waals surface area contributed by atoms with E-state index in [9.17, 15) is 4.79 Å². The van der Waals surface area contributed by atoms with Crippen LogP contribution in [0.1, 0.15) is 18.0 Å². The Morgan fingerprint density at radius 2 is 1.77 bits per heavy atom. The molecule has 3 aromatic rings. The molecular weight excluding hydrogens is 326 g/mol. The predicted molar refractivity (Wildman–Crippen MR) is 99.0 cm³/mol. The molecule has 3 aromatic heterocycles. The average Bonchev–Trinajstić information content (AvgIpc) is 2.70. The van der Waals surface area contributed by atoms with Crippen LogP contribution in [0.2, 0.25) is 0 Å². The smallest absolute Gasteiger partial charge is 0.251 e. The number of pyridine rings is 2. The molecule has 0 amide bonds. The van der Waals surface area contributed by atoms with Crippen molar-refractivity contribution in [2.75, 3.05) is 18.0 Å². The first kappa shape index (κ1) is 15.3. The maximum atomic E-state index is 12.7. The zero-order valence-electron chi connectivity index (χ0n) is 14.3. The SMILES string of the molecule is O=c1cc(-c2ccccn2)cc2n1C[C@H]1C[C@@H]2CN(c2ncccn2)C1. The van der Waals surface area contributed by atoms with Crippen LogP contribution in [0.3, 0.4) is 0 Å². The molecule has 2 atom stereocenters. The fraction of sp³-hybridized carbons (Fsp3) is 0.300. The van der Waals surface area contributed by atoms with Gasteiger partial charge in [-0.3, -0.25) is 9.78 Å². The highest BCUT2D eigenvalue weighted by Gasteiger charge is 2.35. The molecule has 0 N–H and O–H groups in total. The zero-order valence-corrected chi connectivity index (χ0v) is 14.3. The lowest BCUT2D eigenvalue weighted by molar-refractivity contribution is 0.280. The number of rotatable bonds is 2. The lowest BCUT2D eigenvalue weighted by Crippen LogP contribution is -2.47. The molecular formula is C20H19N5O. The van der Waals surface area contributed by atoms with Gasteiger partial charge in [-0.2, -0.15) is 0 Å². The average molecular weight is 345 g/mol. The number of hydrogen-bond donors (Lipinski definition) is 0. The van der Waals surface area contributed by atoms with Gasteiger partial charge in [-0.05, 0) is 36.6 Å². The van der Waals surface area contributed by atoms with Crippen LogP contribution in [0.5, 0.6) is 0 Å². The molecule has 1 fully saturated rings. The van der Waals surface area contributed by atoms with Gasteiger partial charge in [-0.15, -0.1) is 0 Å². The summed E-state index contributed by atoms with van der Waals surface area (Å²) in [4.78, 5) is 28.2. The van der Waals surface area contributed by atoms with Gasteiger partial charge in [0.25, 0.3) is 5.56 Å². The number of fused-ring (bicyclic) bond motifs is 4. The van der Waals surface area contributed by atoms with E-state index in [0.29, 0.717) is 11.8 Å². The summed E-state index contributed by atoms with van der Waals surface area (Å²) in [7, 11) is 0. The third-order valence-corrected chi connectivity index (χ3v) is 5.35. The van der Waals surface area contributed by atoms with Gasteiger partial charge in [-0.1, -0.05) is 6.07 Å². The summed E-state index contributed by atoms with van der Waals surface area (Å²) in [6, 6.07) is 11.5. The largest absolute Gasteiger partial charge is 0.340 e. The monoisotopic (exact) mass is 345 g/mol. The molecule has 26 heavy (non-hydrogen) atoms. The first-order valence-electron chi connectivity index (χ1n) is 8.96. The summed E-state index contributed by atoms with van der Waals surface area (Å²) in [6.45, 7) is 2.50. The van der Waals surface area contributed by atoms with E-state index in [-0.39, 0.29) is 5.56 Å². The fourth-order valence-corrected chi connectivity index (χ4v) is 4.26. The van der Waals surface area contributed by atoms with Crippen LogP contribution in [0.25, 0.3) is 11.3 Å². The minimum Gasteiger partial charge on any atom is -0.340 e. The van der Waals surface area contributed by atoms with E-state index in [1.165, 1.54) is 0 Å². The minimum atomic E-state index is 0.0715. The van der Waals surface area contributed by atoms with E-state index in [2.05, 4.69) is 25.9 Å². The second kappa shape index (κ2) is 6.05.